The van der Waals surface area contributed by atoms with Gasteiger partial charge in [-0.15, -0.1) is 0 Å². The molecule has 0 radical (unpaired) electrons. The number of hydrogen-bond acceptors (Lipinski definition) is 2. The number of rotatable bonds is 3. The topological polar surface area (TPSA) is 43.1 Å². The molecule has 1 saturated carbocycles. The lowest BCUT2D eigenvalue weighted by atomic mass is 9.82. The normalized spacial score (nSPS) is 23.6. The molecule has 2 nitrogen and oxygen atoms in total. The van der Waals surface area contributed by atoms with E-state index in [2.05, 4.69) is 45.0 Å². The van der Waals surface area contributed by atoms with Crippen LogP contribution in [0.3, 0.4) is 0 Å². The smallest absolute Gasteiger partial charge is 0.140 e. The standard InChI is InChI=1S/C18H27NO/c1-18(2,3)15-8-4-13(5-9-15)12-17(20)14-6-10-16(19)11-7-14/h4-5,8-9,14,16H,6-7,10-12,19H2,1-3H3. The molecule has 2 N–H and O–H groups in total. The molecule has 1 aromatic carbocycles. The van der Waals surface area contributed by atoms with Gasteiger partial charge in [-0.05, 0) is 42.2 Å². The maximum atomic E-state index is 12.3. The third-order valence-electron chi connectivity index (χ3n) is 4.43. The van der Waals surface area contributed by atoms with Crippen LogP contribution in [0.5, 0.6) is 0 Å². The Morgan fingerprint density at radius 2 is 1.65 bits per heavy atom. The lowest BCUT2D eigenvalue weighted by Gasteiger charge is -2.25. The molecule has 20 heavy (non-hydrogen) atoms. The van der Waals surface area contributed by atoms with Gasteiger partial charge in [0.2, 0.25) is 0 Å². The highest BCUT2D eigenvalue weighted by Crippen LogP contribution is 2.26. The minimum Gasteiger partial charge on any atom is -0.328 e. The highest BCUT2D eigenvalue weighted by molar-refractivity contribution is 5.83. The molecule has 110 valence electrons. The van der Waals surface area contributed by atoms with Crippen molar-refractivity contribution in [3.8, 4) is 0 Å². The lowest BCUT2D eigenvalue weighted by Crippen LogP contribution is -2.30. The van der Waals surface area contributed by atoms with E-state index in [0.717, 1.165) is 31.2 Å². The highest BCUT2D eigenvalue weighted by Gasteiger charge is 2.24. The summed E-state index contributed by atoms with van der Waals surface area (Å²) in [6.45, 7) is 6.62. The first-order valence-electron chi connectivity index (χ1n) is 7.74. The summed E-state index contributed by atoms with van der Waals surface area (Å²) in [4.78, 5) is 12.3. The Bertz CT molecular complexity index is 447. The van der Waals surface area contributed by atoms with Gasteiger partial charge in [0.1, 0.15) is 5.78 Å². The Kier molecular flexibility index (Phi) is 4.64. The number of hydrogen-bond donors (Lipinski definition) is 1. The average Bonchev–Trinajstić information content (AvgIpc) is 2.39. The van der Waals surface area contributed by atoms with Gasteiger partial charge < -0.3 is 5.73 Å². The van der Waals surface area contributed by atoms with Crippen LogP contribution in [0.25, 0.3) is 0 Å². The van der Waals surface area contributed by atoms with Gasteiger partial charge in [-0.3, -0.25) is 4.79 Å². The number of Topliss-reactive ketones (excluding diaryl/α,β-unsaturated/α-hetero) is 1. The summed E-state index contributed by atoms with van der Waals surface area (Å²) in [5.74, 6) is 0.623. The number of carbonyl (C=O) groups is 1. The van der Waals surface area contributed by atoms with Gasteiger partial charge in [0.05, 0.1) is 0 Å². The third kappa shape index (κ3) is 3.92. The van der Waals surface area contributed by atoms with Crippen molar-refractivity contribution in [1.29, 1.82) is 0 Å². The first kappa shape index (κ1) is 15.2. The molecule has 0 unspecified atom stereocenters. The fourth-order valence-electron chi connectivity index (χ4n) is 2.91. The van der Waals surface area contributed by atoms with Crippen LogP contribution in [0, 0.1) is 5.92 Å². The number of benzene rings is 1. The van der Waals surface area contributed by atoms with E-state index in [1.807, 2.05) is 0 Å². The summed E-state index contributed by atoms with van der Waals surface area (Å²) >= 11 is 0. The van der Waals surface area contributed by atoms with E-state index in [-0.39, 0.29) is 11.3 Å². The SMILES string of the molecule is CC(C)(C)c1ccc(CC(=O)C2CCC(N)CC2)cc1. The van der Waals surface area contributed by atoms with Gasteiger partial charge in [0.15, 0.2) is 0 Å². The molecule has 0 aromatic heterocycles. The number of ketones is 1. The predicted octanol–water partition coefficient (Wildman–Crippen LogP) is 3.61. The molecule has 2 heteroatoms. The monoisotopic (exact) mass is 273 g/mol. The Hall–Kier alpha value is -1.15. The fraction of sp³-hybridized carbons (Fsp3) is 0.611. The molecule has 0 spiro atoms. The van der Waals surface area contributed by atoms with Crippen LogP contribution < -0.4 is 5.73 Å². The van der Waals surface area contributed by atoms with Crippen molar-refractivity contribution in [3.63, 3.8) is 0 Å². The van der Waals surface area contributed by atoms with Crippen molar-refractivity contribution in [2.24, 2.45) is 11.7 Å². The fourth-order valence-corrected chi connectivity index (χ4v) is 2.91. The van der Waals surface area contributed by atoms with Crippen molar-refractivity contribution >= 4 is 5.78 Å². The van der Waals surface area contributed by atoms with Crippen LogP contribution in [0.15, 0.2) is 24.3 Å². The van der Waals surface area contributed by atoms with Crippen LogP contribution in [-0.4, -0.2) is 11.8 Å². The Labute approximate surface area is 122 Å². The summed E-state index contributed by atoms with van der Waals surface area (Å²) in [5.41, 5.74) is 8.52. The summed E-state index contributed by atoms with van der Waals surface area (Å²) in [5, 5.41) is 0. The summed E-state index contributed by atoms with van der Waals surface area (Å²) in [6, 6.07) is 8.82. The third-order valence-corrected chi connectivity index (χ3v) is 4.43. The van der Waals surface area contributed by atoms with Gasteiger partial charge in [-0.2, -0.15) is 0 Å². The highest BCUT2D eigenvalue weighted by atomic mass is 16.1. The molecule has 0 atom stereocenters. The van der Waals surface area contributed by atoms with Gasteiger partial charge in [0.25, 0.3) is 0 Å². The van der Waals surface area contributed by atoms with E-state index in [1.165, 1.54) is 5.56 Å². The van der Waals surface area contributed by atoms with Gasteiger partial charge in [-0.1, -0.05) is 45.0 Å². The van der Waals surface area contributed by atoms with Crippen LogP contribution >= 0.6 is 0 Å². The molecular formula is C18H27NO. The molecule has 0 saturated heterocycles. The first-order valence-corrected chi connectivity index (χ1v) is 7.74. The minimum absolute atomic E-state index is 0.169. The van der Waals surface area contributed by atoms with Crippen LogP contribution in [0.4, 0.5) is 0 Å². The molecule has 0 amide bonds. The molecule has 0 aliphatic heterocycles. The van der Waals surface area contributed by atoms with E-state index in [4.69, 9.17) is 5.73 Å². The molecule has 1 aliphatic carbocycles. The van der Waals surface area contributed by atoms with E-state index >= 15 is 0 Å². The second-order valence-electron chi connectivity index (χ2n) is 7.20. The molecule has 1 aliphatic rings. The van der Waals surface area contributed by atoms with Crippen molar-refractivity contribution in [2.45, 2.75) is 64.3 Å². The maximum Gasteiger partial charge on any atom is 0.140 e. The molecule has 0 bridgehead atoms. The van der Waals surface area contributed by atoms with Crippen molar-refractivity contribution in [2.75, 3.05) is 0 Å². The van der Waals surface area contributed by atoms with Crippen LogP contribution in [-0.2, 0) is 16.6 Å². The second-order valence-corrected chi connectivity index (χ2v) is 7.20. The van der Waals surface area contributed by atoms with E-state index in [1.54, 1.807) is 0 Å². The molecule has 1 fully saturated rings. The minimum atomic E-state index is 0.169. The van der Waals surface area contributed by atoms with Gasteiger partial charge >= 0.3 is 0 Å². The molecular weight excluding hydrogens is 246 g/mol. The van der Waals surface area contributed by atoms with Gasteiger partial charge in [-0.25, -0.2) is 0 Å². The van der Waals surface area contributed by atoms with E-state index in [9.17, 15) is 4.79 Å². The Morgan fingerprint density at radius 3 is 2.15 bits per heavy atom. The second kappa shape index (κ2) is 6.09. The van der Waals surface area contributed by atoms with E-state index in [0.29, 0.717) is 18.2 Å². The lowest BCUT2D eigenvalue weighted by molar-refractivity contribution is -0.123. The predicted molar refractivity (Wildman–Crippen MR) is 83.8 cm³/mol. The number of nitrogens with two attached hydrogens (primary N) is 1. The number of carbonyl (C=O) groups excluding carboxylic acids is 1. The van der Waals surface area contributed by atoms with Crippen molar-refractivity contribution < 1.29 is 4.79 Å². The molecule has 0 heterocycles. The van der Waals surface area contributed by atoms with Crippen molar-refractivity contribution in [3.05, 3.63) is 35.4 Å². The molecule has 2 rings (SSSR count). The van der Waals surface area contributed by atoms with E-state index < -0.39 is 0 Å². The Morgan fingerprint density at radius 1 is 1.10 bits per heavy atom. The maximum absolute atomic E-state index is 12.3. The molecule has 1 aromatic rings. The quantitative estimate of drug-likeness (QED) is 0.914. The average molecular weight is 273 g/mol. The zero-order chi connectivity index (χ0) is 14.8. The van der Waals surface area contributed by atoms with Crippen LogP contribution in [0.1, 0.15) is 57.6 Å². The largest absolute Gasteiger partial charge is 0.328 e. The summed E-state index contributed by atoms with van der Waals surface area (Å²) < 4.78 is 0. The zero-order valence-corrected chi connectivity index (χ0v) is 13.0. The summed E-state index contributed by atoms with van der Waals surface area (Å²) in [6.07, 6.45) is 4.52. The van der Waals surface area contributed by atoms with Gasteiger partial charge in [0, 0.05) is 18.4 Å². The van der Waals surface area contributed by atoms with Crippen LogP contribution in [0.2, 0.25) is 0 Å². The van der Waals surface area contributed by atoms with Crippen molar-refractivity contribution in [1.82, 2.24) is 0 Å². The first-order chi connectivity index (χ1) is 9.36. The zero-order valence-electron chi connectivity index (χ0n) is 13.0. The Balaban J connectivity index is 1.94. The summed E-state index contributed by atoms with van der Waals surface area (Å²) in [7, 11) is 0.